The SMILES string of the molecule is C=C(C)C(O)Cc1cc(C(=O)Nc2c(O)c3ccc(O[C@@H]4OC(C)(C)[C@H](OC)[C@@H](OC(N)=O)[C@H]4O)c(C)c3oc2=O)ccc1O. The van der Waals surface area contributed by atoms with Gasteiger partial charge in [0, 0.05) is 24.7 Å². The number of phenolic OH excluding ortho intramolecular Hbond substituents is 1. The predicted octanol–water partition coefficient (Wildman–Crippen LogP) is 2.60. The molecule has 0 spiro atoms. The molecule has 2 aromatic carbocycles. The molecule has 1 aromatic heterocycles. The molecule has 1 aliphatic rings. The van der Waals surface area contributed by atoms with E-state index in [1.54, 1.807) is 20.8 Å². The maximum Gasteiger partial charge on any atom is 0.404 e. The van der Waals surface area contributed by atoms with Crippen molar-refractivity contribution in [2.45, 2.75) is 70.4 Å². The Balaban J connectivity index is 1.62. The van der Waals surface area contributed by atoms with E-state index in [2.05, 4.69) is 11.9 Å². The van der Waals surface area contributed by atoms with E-state index in [4.69, 9.17) is 29.1 Å². The minimum absolute atomic E-state index is 0.00153. The molecule has 0 saturated carbocycles. The van der Waals surface area contributed by atoms with Crippen LogP contribution in [0.1, 0.15) is 42.3 Å². The highest BCUT2D eigenvalue weighted by Crippen LogP contribution is 2.38. The Kier molecular flexibility index (Phi) is 9.44. The third-order valence-electron chi connectivity index (χ3n) is 7.58. The molecule has 7 N–H and O–H groups in total. The molecule has 3 aromatic rings. The number of phenols is 1. The first-order chi connectivity index (χ1) is 21.0. The summed E-state index contributed by atoms with van der Waals surface area (Å²) >= 11 is 0. The highest BCUT2D eigenvalue weighted by atomic mass is 16.7. The Morgan fingerprint density at radius 2 is 1.89 bits per heavy atom. The lowest BCUT2D eigenvalue weighted by Crippen LogP contribution is -2.65. The van der Waals surface area contributed by atoms with Crippen LogP contribution in [0.5, 0.6) is 17.2 Å². The number of hydrogen-bond acceptors (Lipinski definition) is 12. The van der Waals surface area contributed by atoms with Crippen LogP contribution >= 0.6 is 0 Å². The molecule has 0 aliphatic carbocycles. The van der Waals surface area contributed by atoms with Gasteiger partial charge in [-0.05, 0) is 63.6 Å². The van der Waals surface area contributed by atoms with E-state index in [1.807, 2.05) is 0 Å². The van der Waals surface area contributed by atoms with Crippen LogP contribution in [-0.4, -0.2) is 75.8 Å². The maximum atomic E-state index is 13.0. The number of amides is 2. The topological polar surface area (TPSA) is 220 Å². The number of aliphatic hydroxyl groups is 2. The summed E-state index contributed by atoms with van der Waals surface area (Å²) in [4.78, 5) is 37.5. The number of aliphatic hydroxyl groups excluding tert-OH is 2. The van der Waals surface area contributed by atoms with Gasteiger partial charge in [0.2, 0.25) is 6.29 Å². The Bertz CT molecular complexity index is 1700. The number of carbonyl (C=O) groups is 2. The highest BCUT2D eigenvalue weighted by Gasteiger charge is 2.53. The molecule has 2 heterocycles. The number of ether oxygens (including phenoxy) is 4. The zero-order valence-corrected chi connectivity index (χ0v) is 25.3. The van der Waals surface area contributed by atoms with Gasteiger partial charge in [-0.3, -0.25) is 4.79 Å². The second-order valence-electron chi connectivity index (χ2n) is 11.3. The van der Waals surface area contributed by atoms with Crippen molar-refractivity contribution in [3.05, 3.63) is 69.6 Å². The van der Waals surface area contributed by atoms with Gasteiger partial charge < -0.3 is 54.8 Å². The number of carbonyl (C=O) groups excluding carboxylic acids is 2. The van der Waals surface area contributed by atoms with Gasteiger partial charge in [0.05, 0.1) is 17.1 Å². The summed E-state index contributed by atoms with van der Waals surface area (Å²) in [6.45, 7) is 10.1. The van der Waals surface area contributed by atoms with Crippen molar-refractivity contribution in [3.8, 4) is 17.2 Å². The van der Waals surface area contributed by atoms with Crippen LogP contribution in [0.3, 0.4) is 0 Å². The number of methoxy groups -OCH3 is 1. The summed E-state index contributed by atoms with van der Waals surface area (Å²) in [6.07, 6.45) is -7.12. The summed E-state index contributed by atoms with van der Waals surface area (Å²) < 4.78 is 27.8. The minimum atomic E-state index is -1.53. The molecule has 1 unspecified atom stereocenters. The van der Waals surface area contributed by atoms with Crippen LogP contribution in [0.2, 0.25) is 0 Å². The zero-order chi connectivity index (χ0) is 33.4. The van der Waals surface area contributed by atoms with Crippen molar-refractivity contribution in [3.63, 3.8) is 0 Å². The van der Waals surface area contributed by atoms with E-state index < -0.39 is 65.4 Å². The fourth-order valence-corrected chi connectivity index (χ4v) is 5.13. The number of benzene rings is 2. The van der Waals surface area contributed by atoms with Crippen LogP contribution in [0.4, 0.5) is 10.5 Å². The molecule has 1 aliphatic heterocycles. The number of anilines is 1. The molecule has 4 rings (SSSR count). The number of aryl methyl sites for hydroxylation is 1. The maximum absolute atomic E-state index is 13.0. The van der Waals surface area contributed by atoms with Gasteiger partial charge in [0.1, 0.15) is 23.2 Å². The van der Waals surface area contributed by atoms with Crippen molar-refractivity contribution in [2.24, 2.45) is 5.73 Å². The number of aromatic hydroxyl groups is 2. The third-order valence-corrected chi connectivity index (χ3v) is 7.58. The lowest BCUT2D eigenvalue weighted by atomic mass is 9.89. The Hall–Kier alpha value is -4.63. The minimum Gasteiger partial charge on any atom is -0.508 e. The van der Waals surface area contributed by atoms with Crippen molar-refractivity contribution < 1.29 is 53.4 Å². The van der Waals surface area contributed by atoms with Gasteiger partial charge in [-0.1, -0.05) is 12.2 Å². The average Bonchev–Trinajstić information content (AvgIpc) is 2.95. The van der Waals surface area contributed by atoms with Gasteiger partial charge in [-0.25, -0.2) is 9.59 Å². The van der Waals surface area contributed by atoms with Crippen LogP contribution in [-0.2, 0) is 20.6 Å². The van der Waals surface area contributed by atoms with Crippen LogP contribution in [0.25, 0.3) is 11.0 Å². The molecule has 14 heteroatoms. The molecule has 45 heavy (non-hydrogen) atoms. The van der Waals surface area contributed by atoms with Gasteiger partial charge in [0.15, 0.2) is 23.6 Å². The lowest BCUT2D eigenvalue weighted by molar-refractivity contribution is -0.304. The van der Waals surface area contributed by atoms with Crippen LogP contribution in [0, 0.1) is 6.92 Å². The molecule has 242 valence electrons. The predicted molar refractivity (Wildman–Crippen MR) is 160 cm³/mol. The largest absolute Gasteiger partial charge is 0.508 e. The molecule has 5 atom stereocenters. The van der Waals surface area contributed by atoms with E-state index >= 15 is 0 Å². The number of rotatable bonds is 9. The first kappa shape index (κ1) is 33.3. The zero-order valence-electron chi connectivity index (χ0n) is 25.3. The fraction of sp³-hybridized carbons (Fsp3) is 0.387. The van der Waals surface area contributed by atoms with E-state index in [-0.39, 0.29) is 45.6 Å². The summed E-state index contributed by atoms with van der Waals surface area (Å²) in [5, 5.41) is 44.6. The number of fused-ring (bicyclic) bond motifs is 1. The molecular formula is C31H36N2O12. The van der Waals surface area contributed by atoms with Crippen molar-refractivity contribution >= 4 is 28.7 Å². The second-order valence-corrected chi connectivity index (χ2v) is 11.3. The monoisotopic (exact) mass is 628 g/mol. The number of nitrogens with one attached hydrogen (secondary N) is 1. The number of hydrogen-bond donors (Lipinski definition) is 6. The first-order valence-electron chi connectivity index (χ1n) is 13.8. The Labute approximate surface area is 257 Å². The van der Waals surface area contributed by atoms with E-state index in [0.717, 1.165) is 0 Å². The normalized spacial score (nSPS) is 21.6. The van der Waals surface area contributed by atoms with Gasteiger partial charge in [0.25, 0.3) is 5.91 Å². The Morgan fingerprint density at radius 1 is 1.20 bits per heavy atom. The molecule has 1 fully saturated rings. The third kappa shape index (κ3) is 6.73. The average molecular weight is 629 g/mol. The van der Waals surface area contributed by atoms with Gasteiger partial charge in [-0.15, -0.1) is 0 Å². The van der Waals surface area contributed by atoms with E-state index in [1.165, 1.54) is 44.4 Å². The van der Waals surface area contributed by atoms with Crippen LogP contribution < -0.4 is 21.4 Å². The summed E-state index contributed by atoms with van der Waals surface area (Å²) in [5.41, 5.74) is 3.45. The molecule has 0 bridgehead atoms. The van der Waals surface area contributed by atoms with Gasteiger partial charge in [-0.2, -0.15) is 0 Å². The summed E-state index contributed by atoms with van der Waals surface area (Å²) in [6, 6.07) is 6.73. The molecule has 0 radical (unpaired) electrons. The second kappa shape index (κ2) is 12.8. The Morgan fingerprint density at radius 3 is 2.51 bits per heavy atom. The first-order valence-corrected chi connectivity index (χ1v) is 13.8. The van der Waals surface area contributed by atoms with Crippen molar-refractivity contribution in [1.82, 2.24) is 0 Å². The molecule has 2 amide bonds. The summed E-state index contributed by atoms with van der Waals surface area (Å²) in [7, 11) is 1.36. The number of nitrogens with two attached hydrogens (primary N) is 1. The fourth-order valence-electron chi connectivity index (χ4n) is 5.13. The quantitative estimate of drug-likeness (QED) is 0.149. The van der Waals surface area contributed by atoms with Gasteiger partial charge >= 0.3 is 11.7 Å². The highest BCUT2D eigenvalue weighted by molar-refractivity contribution is 6.06. The molecule has 1 saturated heterocycles. The smallest absolute Gasteiger partial charge is 0.404 e. The molecule has 14 nitrogen and oxygen atoms in total. The summed E-state index contributed by atoms with van der Waals surface area (Å²) in [5.74, 6) is -1.40. The molecular weight excluding hydrogens is 592 g/mol. The van der Waals surface area contributed by atoms with Crippen molar-refractivity contribution in [1.29, 1.82) is 0 Å². The standard InChI is InChI=1S/C31H36N2O12/c1-13(2)19(35)12-16-11-15(7-9-18(16)34)27(38)33-21-22(36)17-8-10-20(14(3)24(17)43-28(21)39)42-29-23(37)25(44-30(32)40)26(41-6)31(4,5)45-29/h7-11,19,23,25-26,29,34-37H,1,12H2,2-6H3,(H2,32,40)(H,33,38)/t19?,23-,25+,26-,29-/m1/s1. The van der Waals surface area contributed by atoms with Crippen LogP contribution in [0.15, 0.2) is 51.7 Å². The lowest BCUT2D eigenvalue weighted by Gasteiger charge is -2.47. The van der Waals surface area contributed by atoms with E-state index in [0.29, 0.717) is 5.57 Å². The van der Waals surface area contributed by atoms with Crippen molar-refractivity contribution in [2.75, 3.05) is 12.4 Å². The number of primary amides is 1. The van der Waals surface area contributed by atoms with E-state index in [9.17, 15) is 34.8 Å².